The van der Waals surface area contributed by atoms with E-state index in [1.165, 1.54) is 13.4 Å². The Labute approximate surface area is 81.4 Å². The summed E-state index contributed by atoms with van der Waals surface area (Å²) in [6.45, 7) is 2.63. The van der Waals surface area contributed by atoms with Crippen LogP contribution in [0, 0.1) is 0 Å². The molecule has 0 aromatic heterocycles. The topological polar surface area (TPSA) is 52.6 Å². The summed E-state index contributed by atoms with van der Waals surface area (Å²) < 4.78 is 9.04. The van der Waals surface area contributed by atoms with Crippen LogP contribution in [0.15, 0.2) is 30.3 Å². The van der Waals surface area contributed by atoms with Gasteiger partial charge >= 0.3 is 12.4 Å². The summed E-state index contributed by atoms with van der Waals surface area (Å²) in [6.07, 6.45) is -0.916. The summed E-state index contributed by atoms with van der Waals surface area (Å²) in [5, 5.41) is 0. The Morgan fingerprint density at radius 2 is 2.00 bits per heavy atom. The first-order valence-electron chi connectivity index (χ1n) is 4.03. The molecule has 1 radical (unpaired) electrons. The summed E-state index contributed by atoms with van der Waals surface area (Å²) in [6, 6.07) is 8.44. The van der Waals surface area contributed by atoms with Crippen LogP contribution in [0.1, 0.15) is 17.3 Å². The minimum absolute atomic E-state index is 0.411. The second kappa shape index (κ2) is 5.01. The molecule has 0 fully saturated rings. The molecule has 4 nitrogen and oxygen atoms in total. The fraction of sp³-hybridized carbons (Fsp3) is 0.200. The standard InChI is InChI=1S/C10H9O4/c1-8(13-7-11)14-10(12)9-5-3-2-4-6-9/h2-6,8H,1H3. The summed E-state index contributed by atoms with van der Waals surface area (Å²) in [4.78, 5) is 21.1. The molecular weight excluding hydrogens is 184 g/mol. The van der Waals surface area contributed by atoms with E-state index in [0.29, 0.717) is 5.56 Å². The van der Waals surface area contributed by atoms with Gasteiger partial charge in [-0.1, -0.05) is 18.2 Å². The zero-order valence-corrected chi connectivity index (χ0v) is 7.60. The summed E-state index contributed by atoms with van der Waals surface area (Å²) >= 11 is 0. The van der Waals surface area contributed by atoms with E-state index in [0.717, 1.165) is 0 Å². The van der Waals surface area contributed by atoms with Crippen molar-refractivity contribution in [2.24, 2.45) is 0 Å². The maximum absolute atomic E-state index is 11.3. The highest BCUT2D eigenvalue weighted by molar-refractivity contribution is 5.89. The smallest absolute Gasteiger partial charge is 0.420 e. The van der Waals surface area contributed by atoms with Gasteiger partial charge in [0.1, 0.15) is 0 Å². The van der Waals surface area contributed by atoms with Crippen molar-refractivity contribution in [1.82, 2.24) is 0 Å². The van der Waals surface area contributed by atoms with Crippen molar-refractivity contribution in [2.45, 2.75) is 13.2 Å². The van der Waals surface area contributed by atoms with E-state index in [9.17, 15) is 9.59 Å². The van der Waals surface area contributed by atoms with Gasteiger partial charge in [-0.05, 0) is 12.1 Å². The zero-order valence-electron chi connectivity index (χ0n) is 7.60. The molecule has 1 aromatic carbocycles. The van der Waals surface area contributed by atoms with Gasteiger partial charge in [-0.25, -0.2) is 9.59 Å². The number of rotatable bonds is 4. The third kappa shape index (κ3) is 2.90. The van der Waals surface area contributed by atoms with E-state index in [1.807, 2.05) is 0 Å². The van der Waals surface area contributed by atoms with Crippen molar-refractivity contribution >= 4 is 12.4 Å². The zero-order chi connectivity index (χ0) is 10.4. The molecule has 4 heteroatoms. The predicted octanol–water partition coefficient (Wildman–Crippen LogP) is 1.27. The third-order valence-corrected chi connectivity index (χ3v) is 1.50. The van der Waals surface area contributed by atoms with Crippen LogP contribution in [0.25, 0.3) is 0 Å². The summed E-state index contributed by atoms with van der Waals surface area (Å²) in [7, 11) is 0. The number of esters is 1. The molecule has 1 unspecified atom stereocenters. The minimum atomic E-state index is -0.916. The highest BCUT2D eigenvalue weighted by Crippen LogP contribution is 2.03. The SMILES string of the molecule is CC(O[C]=O)OC(=O)c1ccccc1. The van der Waals surface area contributed by atoms with E-state index in [2.05, 4.69) is 4.74 Å². The second-order valence-electron chi connectivity index (χ2n) is 2.54. The van der Waals surface area contributed by atoms with Crippen molar-refractivity contribution in [2.75, 3.05) is 0 Å². The van der Waals surface area contributed by atoms with E-state index >= 15 is 0 Å². The molecule has 0 saturated heterocycles. The molecule has 14 heavy (non-hydrogen) atoms. The Hall–Kier alpha value is -1.84. The highest BCUT2D eigenvalue weighted by Gasteiger charge is 2.11. The number of carbonyl (C=O) groups excluding carboxylic acids is 2. The molecule has 0 amide bonds. The second-order valence-corrected chi connectivity index (χ2v) is 2.54. The Bertz CT molecular complexity index is 307. The van der Waals surface area contributed by atoms with Gasteiger partial charge in [0, 0.05) is 6.92 Å². The Morgan fingerprint density at radius 3 is 2.57 bits per heavy atom. The van der Waals surface area contributed by atoms with Gasteiger partial charge in [0.05, 0.1) is 5.56 Å². The van der Waals surface area contributed by atoms with Crippen LogP contribution >= 0.6 is 0 Å². The highest BCUT2D eigenvalue weighted by atomic mass is 16.7. The van der Waals surface area contributed by atoms with Gasteiger partial charge in [-0.3, -0.25) is 0 Å². The molecule has 0 heterocycles. The molecule has 0 aliphatic heterocycles. The molecule has 0 aliphatic carbocycles. The van der Waals surface area contributed by atoms with Crippen molar-refractivity contribution < 1.29 is 19.1 Å². The molecule has 0 saturated carbocycles. The average Bonchev–Trinajstić information content (AvgIpc) is 2.19. The Kier molecular flexibility index (Phi) is 3.67. The van der Waals surface area contributed by atoms with Gasteiger partial charge in [-0.2, -0.15) is 0 Å². The molecular formula is C10H9O4. The average molecular weight is 193 g/mol. The van der Waals surface area contributed by atoms with Gasteiger partial charge in [-0.15, -0.1) is 0 Å². The van der Waals surface area contributed by atoms with E-state index in [1.54, 1.807) is 30.3 Å². The first-order valence-corrected chi connectivity index (χ1v) is 4.03. The van der Waals surface area contributed by atoms with Crippen molar-refractivity contribution in [3.8, 4) is 0 Å². The maximum atomic E-state index is 11.3. The molecule has 1 aromatic rings. The molecule has 1 atom stereocenters. The minimum Gasteiger partial charge on any atom is -0.422 e. The van der Waals surface area contributed by atoms with Gasteiger partial charge in [0.25, 0.3) is 0 Å². The quantitative estimate of drug-likeness (QED) is 0.533. The van der Waals surface area contributed by atoms with Crippen LogP contribution in [-0.4, -0.2) is 18.7 Å². The number of hydrogen-bond donors (Lipinski definition) is 0. The molecule has 73 valence electrons. The lowest BCUT2D eigenvalue weighted by molar-refractivity contribution is -0.0448. The molecule has 0 aliphatic rings. The van der Waals surface area contributed by atoms with Crippen LogP contribution in [0.4, 0.5) is 0 Å². The summed E-state index contributed by atoms with van der Waals surface area (Å²) in [5.41, 5.74) is 0.411. The van der Waals surface area contributed by atoms with Crippen molar-refractivity contribution in [3.63, 3.8) is 0 Å². The monoisotopic (exact) mass is 193 g/mol. The molecule has 0 spiro atoms. The third-order valence-electron chi connectivity index (χ3n) is 1.50. The first kappa shape index (κ1) is 10.2. The fourth-order valence-corrected chi connectivity index (χ4v) is 0.885. The lowest BCUT2D eigenvalue weighted by atomic mass is 10.2. The van der Waals surface area contributed by atoms with Gasteiger partial charge in [0.15, 0.2) is 0 Å². The predicted molar refractivity (Wildman–Crippen MR) is 48.1 cm³/mol. The Balaban J connectivity index is 2.55. The van der Waals surface area contributed by atoms with Gasteiger partial charge < -0.3 is 9.47 Å². The Morgan fingerprint density at radius 1 is 1.36 bits per heavy atom. The van der Waals surface area contributed by atoms with E-state index in [4.69, 9.17) is 4.74 Å². The van der Waals surface area contributed by atoms with E-state index < -0.39 is 12.3 Å². The van der Waals surface area contributed by atoms with Crippen molar-refractivity contribution in [3.05, 3.63) is 35.9 Å². The van der Waals surface area contributed by atoms with Crippen molar-refractivity contribution in [1.29, 1.82) is 0 Å². The first-order chi connectivity index (χ1) is 6.74. The van der Waals surface area contributed by atoms with Crippen LogP contribution in [-0.2, 0) is 14.3 Å². The number of ether oxygens (including phenoxy) is 2. The lowest BCUT2D eigenvalue weighted by Gasteiger charge is -2.09. The van der Waals surface area contributed by atoms with Gasteiger partial charge in [0.2, 0.25) is 6.29 Å². The fourth-order valence-electron chi connectivity index (χ4n) is 0.885. The van der Waals surface area contributed by atoms with Crippen LogP contribution in [0.5, 0.6) is 0 Å². The maximum Gasteiger partial charge on any atom is 0.420 e. The number of hydrogen-bond acceptors (Lipinski definition) is 4. The summed E-state index contributed by atoms with van der Waals surface area (Å²) in [5.74, 6) is -0.534. The molecule has 0 N–H and O–H groups in total. The lowest BCUT2D eigenvalue weighted by Crippen LogP contribution is -2.17. The number of benzene rings is 1. The largest absolute Gasteiger partial charge is 0.422 e. The van der Waals surface area contributed by atoms with Crippen LogP contribution in [0.3, 0.4) is 0 Å². The normalized spacial score (nSPS) is 11.5. The van der Waals surface area contributed by atoms with Crippen LogP contribution < -0.4 is 0 Å². The number of carbonyl (C=O) groups is 1. The van der Waals surface area contributed by atoms with E-state index in [-0.39, 0.29) is 0 Å². The molecule has 0 bridgehead atoms. The van der Waals surface area contributed by atoms with Crippen LogP contribution in [0.2, 0.25) is 0 Å². The molecule has 1 rings (SSSR count).